The summed E-state index contributed by atoms with van der Waals surface area (Å²) in [6.45, 7) is 1.96. The average molecular weight is 327 g/mol. The lowest BCUT2D eigenvalue weighted by Gasteiger charge is -2.07. The Morgan fingerprint density at radius 1 is 1.30 bits per heavy atom. The molecule has 0 bridgehead atoms. The summed E-state index contributed by atoms with van der Waals surface area (Å²) in [5.41, 5.74) is 6.19. The second kappa shape index (κ2) is 6.14. The molecule has 0 amide bonds. The number of carbonyl (C=O) groups is 1. The number of para-hydroxylation sites is 1. The van der Waals surface area contributed by atoms with Crippen LogP contribution in [0.2, 0.25) is 5.02 Å². The monoisotopic (exact) mass is 326 g/mol. The van der Waals surface area contributed by atoms with Gasteiger partial charge >= 0.3 is 0 Å². The number of rotatable bonds is 4. The molecule has 0 radical (unpaired) electrons. The van der Waals surface area contributed by atoms with Crippen molar-refractivity contribution in [1.82, 2.24) is 4.98 Å². The number of aromatic amines is 1. The second-order valence-electron chi connectivity index (χ2n) is 5.06. The third-order valence-electron chi connectivity index (χ3n) is 3.52. The van der Waals surface area contributed by atoms with E-state index in [1.165, 1.54) is 18.2 Å². The first-order chi connectivity index (χ1) is 11.1. The van der Waals surface area contributed by atoms with E-state index < -0.39 is 5.97 Å². The van der Waals surface area contributed by atoms with Crippen molar-refractivity contribution in [2.45, 2.75) is 6.92 Å². The Morgan fingerprint density at radius 2 is 2.09 bits per heavy atom. The fourth-order valence-corrected chi connectivity index (χ4v) is 2.53. The smallest absolute Gasteiger partial charge is 0.0754 e. The van der Waals surface area contributed by atoms with Gasteiger partial charge in [-0.15, -0.1) is 0 Å². The molecule has 0 aliphatic rings. The Balaban J connectivity index is 1.88. The number of benzene rings is 2. The summed E-state index contributed by atoms with van der Waals surface area (Å²) in [6, 6.07) is 12.2. The zero-order valence-electron chi connectivity index (χ0n) is 12.3. The fourth-order valence-electron chi connectivity index (χ4n) is 2.37. The highest BCUT2D eigenvalue weighted by atomic mass is 35.5. The number of hydrogen-bond donors (Lipinski definition) is 2. The van der Waals surface area contributed by atoms with E-state index in [2.05, 4.69) is 15.5 Å². The van der Waals surface area contributed by atoms with Gasteiger partial charge in [-0.1, -0.05) is 35.9 Å². The number of aromatic nitrogens is 1. The zero-order valence-corrected chi connectivity index (χ0v) is 13.0. The highest BCUT2D eigenvalue weighted by molar-refractivity contribution is 6.33. The predicted octanol–water partition coefficient (Wildman–Crippen LogP) is 2.94. The standard InChI is InChI=1S/C17H14ClN3O2/c1-10-13(12-4-2-3-5-15(12)20-10)9-19-21-16-8-11(17(22)23)6-7-14(16)18/h2-9,20-21H,1H3,(H,22,23)/p-1/b19-9+. The molecule has 0 unspecified atom stereocenters. The van der Waals surface area contributed by atoms with Crippen LogP contribution in [-0.2, 0) is 0 Å². The Morgan fingerprint density at radius 3 is 2.87 bits per heavy atom. The van der Waals surface area contributed by atoms with Crippen LogP contribution >= 0.6 is 11.6 Å². The van der Waals surface area contributed by atoms with Gasteiger partial charge < -0.3 is 14.9 Å². The van der Waals surface area contributed by atoms with Gasteiger partial charge in [0.25, 0.3) is 0 Å². The summed E-state index contributed by atoms with van der Waals surface area (Å²) in [4.78, 5) is 14.2. The Hall–Kier alpha value is -2.79. The third kappa shape index (κ3) is 3.05. The average Bonchev–Trinajstić information content (AvgIpc) is 2.85. The van der Waals surface area contributed by atoms with Gasteiger partial charge in [0.15, 0.2) is 0 Å². The van der Waals surface area contributed by atoms with Crippen molar-refractivity contribution in [2.24, 2.45) is 5.10 Å². The molecule has 0 saturated carbocycles. The van der Waals surface area contributed by atoms with Crippen LogP contribution in [0.1, 0.15) is 21.6 Å². The lowest BCUT2D eigenvalue weighted by Crippen LogP contribution is -2.22. The van der Waals surface area contributed by atoms with Gasteiger partial charge in [-0.25, -0.2) is 0 Å². The molecular weight excluding hydrogens is 314 g/mol. The van der Waals surface area contributed by atoms with Crippen molar-refractivity contribution in [3.8, 4) is 0 Å². The number of aryl methyl sites for hydroxylation is 1. The first kappa shape index (κ1) is 15.1. The van der Waals surface area contributed by atoms with E-state index in [1.807, 2.05) is 31.2 Å². The number of anilines is 1. The Labute approximate surface area is 137 Å². The maximum Gasteiger partial charge on any atom is 0.0754 e. The molecule has 1 aromatic heterocycles. The maximum atomic E-state index is 10.9. The van der Waals surface area contributed by atoms with Crippen molar-refractivity contribution in [3.63, 3.8) is 0 Å². The summed E-state index contributed by atoms with van der Waals surface area (Å²) in [6.07, 6.45) is 1.68. The third-order valence-corrected chi connectivity index (χ3v) is 3.85. The first-order valence-corrected chi connectivity index (χ1v) is 7.31. The molecule has 0 atom stereocenters. The second-order valence-corrected chi connectivity index (χ2v) is 5.47. The Bertz CT molecular complexity index is 915. The summed E-state index contributed by atoms with van der Waals surface area (Å²) in [5, 5.41) is 16.5. The maximum absolute atomic E-state index is 10.9. The number of hydrazone groups is 1. The number of hydrogen-bond acceptors (Lipinski definition) is 4. The highest BCUT2D eigenvalue weighted by Crippen LogP contribution is 2.23. The van der Waals surface area contributed by atoms with E-state index in [-0.39, 0.29) is 5.56 Å². The molecule has 2 N–H and O–H groups in total. The number of carboxylic acids is 1. The largest absolute Gasteiger partial charge is 0.545 e. The molecule has 6 heteroatoms. The summed E-state index contributed by atoms with van der Waals surface area (Å²) < 4.78 is 0. The number of carbonyl (C=O) groups excluding carboxylic acids is 1. The summed E-state index contributed by atoms with van der Waals surface area (Å²) >= 11 is 6.03. The number of nitrogens with zero attached hydrogens (tertiary/aromatic N) is 1. The van der Waals surface area contributed by atoms with Crippen molar-refractivity contribution >= 4 is 40.4 Å². The highest BCUT2D eigenvalue weighted by Gasteiger charge is 2.06. The van der Waals surface area contributed by atoms with E-state index in [0.29, 0.717) is 10.7 Å². The number of carboxylic acid groups (broad SMARTS) is 1. The first-order valence-electron chi connectivity index (χ1n) is 6.93. The van der Waals surface area contributed by atoms with Gasteiger partial charge in [0.05, 0.1) is 22.9 Å². The topological polar surface area (TPSA) is 80.3 Å². The molecular formula is C17H13ClN3O2-. The fraction of sp³-hybridized carbons (Fsp3) is 0.0588. The van der Waals surface area contributed by atoms with Crippen molar-refractivity contribution in [1.29, 1.82) is 0 Å². The quantitative estimate of drug-likeness (QED) is 0.571. The minimum atomic E-state index is -1.26. The van der Waals surface area contributed by atoms with E-state index in [4.69, 9.17) is 11.6 Å². The summed E-state index contributed by atoms with van der Waals surface area (Å²) in [5.74, 6) is -1.26. The van der Waals surface area contributed by atoms with Crippen molar-refractivity contribution in [2.75, 3.05) is 5.43 Å². The number of nitrogens with one attached hydrogen (secondary N) is 2. The van der Waals surface area contributed by atoms with E-state index >= 15 is 0 Å². The zero-order chi connectivity index (χ0) is 16.4. The van der Waals surface area contributed by atoms with Gasteiger partial charge in [-0.05, 0) is 30.7 Å². The van der Waals surface area contributed by atoms with Crippen LogP contribution < -0.4 is 10.5 Å². The molecule has 2 aromatic carbocycles. The van der Waals surface area contributed by atoms with Crippen LogP contribution in [0.3, 0.4) is 0 Å². The molecule has 3 rings (SSSR count). The number of halogens is 1. The molecule has 1 heterocycles. The molecule has 0 saturated heterocycles. The van der Waals surface area contributed by atoms with Gasteiger partial charge in [-0.3, -0.25) is 5.43 Å². The van der Waals surface area contributed by atoms with Crippen molar-refractivity contribution in [3.05, 3.63) is 64.3 Å². The van der Waals surface area contributed by atoms with Crippen LogP contribution in [0.25, 0.3) is 10.9 Å². The van der Waals surface area contributed by atoms with Crippen molar-refractivity contribution < 1.29 is 9.90 Å². The van der Waals surface area contributed by atoms with Gasteiger partial charge in [0, 0.05) is 22.2 Å². The van der Waals surface area contributed by atoms with Gasteiger partial charge in [-0.2, -0.15) is 5.10 Å². The lowest BCUT2D eigenvalue weighted by molar-refractivity contribution is -0.255. The molecule has 3 aromatic rings. The number of aromatic carboxylic acids is 1. The van der Waals surface area contributed by atoms with Gasteiger partial charge in [0.1, 0.15) is 0 Å². The minimum absolute atomic E-state index is 0.0374. The van der Waals surface area contributed by atoms with Crippen LogP contribution in [0.4, 0.5) is 5.69 Å². The normalized spacial score (nSPS) is 11.2. The number of fused-ring (bicyclic) bond motifs is 1. The van der Waals surface area contributed by atoms with E-state index in [1.54, 1.807) is 6.21 Å². The lowest BCUT2D eigenvalue weighted by atomic mass is 10.1. The number of H-pyrrole nitrogens is 1. The molecule has 0 aliphatic heterocycles. The summed E-state index contributed by atoms with van der Waals surface area (Å²) in [7, 11) is 0. The van der Waals surface area contributed by atoms with E-state index in [0.717, 1.165) is 22.2 Å². The molecule has 23 heavy (non-hydrogen) atoms. The van der Waals surface area contributed by atoms with Gasteiger partial charge in [0.2, 0.25) is 0 Å². The Kier molecular flexibility index (Phi) is 4.04. The molecule has 0 spiro atoms. The molecule has 5 nitrogen and oxygen atoms in total. The minimum Gasteiger partial charge on any atom is -0.545 e. The van der Waals surface area contributed by atoms with E-state index in [9.17, 15) is 9.90 Å². The van der Waals surface area contributed by atoms with Crippen LogP contribution in [0, 0.1) is 6.92 Å². The predicted molar refractivity (Wildman–Crippen MR) is 90.0 cm³/mol. The molecule has 0 aliphatic carbocycles. The van der Waals surface area contributed by atoms with Crippen LogP contribution in [-0.4, -0.2) is 17.2 Å². The van der Waals surface area contributed by atoms with Crippen LogP contribution in [0.5, 0.6) is 0 Å². The molecule has 116 valence electrons. The SMILES string of the molecule is Cc1[nH]c2ccccc2c1/C=N/Nc1cc(C(=O)[O-])ccc1Cl. The van der Waals surface area contributed by atoms with Crippen LogP contribution in [0.15, 0.2) is 47.6 Å². The molecule has 0 fully saturated rings.